The number of piperidine rings is 1. The van der Waals surface area contributed by atoms with E-state index in [9.17, 15) is 5.11 Å². The molecule has 3 heterocycles. The maximum atomic E-state index is 9.95. The summed E-state index contributed by atoms with van der Waals surface area (Å²) < 4.78 is 5.75. The maximum absolute atomic E-state index is 9.95. The molecule has 4 rings (SSSR count). The van der Waals surface area contributed by atoms with Crippen molar-refractivity contribution in [3.63, 3.8) is 0 Å². The van der Waals surface area contributed by atoms with Crippen LogP contribution >= 0.6 is 0 Å². The molecule has 3 saturated heterocycles. The highest BCUT2D eigenvalue weighted by Crippen LogP contribution is 2.40. The zero-order valence-corrected chi connectivity index (χ0v) is 12.4. The standard InChI is InChI=1S/C16H28N2O2/c19-15-7-13-3-4-14(8-15)18(13)10-16(5-6-20-11-16)9-17-12-1-2-12/h12-15,17,19H,1-11H2. The summed E-state index contributed by atoms with van der Waals surface area (Å²) in [5, 5.41) is 13.7. The Morgan fingerprint density at radius 1 is 1.15 bits per heavy atom. The minimum absolute atomic E-state index is 0.0517. The van der Waals surface area contributed by atoms with Crippen LogP contribution in [0.5, 0.6) is 0 Å². The summed E-state index contributed by atoms with van der Waals surface area (Å²) in [5.41, 5.74) is 0.325. The molecule has 114 valence electrons. The molecule has 2 bridgehead atoms. The second-order valence-corrected chi connectivity index (χ2v) is 7.64. The van der Waals surface area contributed by atoms with Crippen LogP contribution in [-0.4, -0.2) is 60.5 Å². The molecular formula is C16H28N2O2. The number of hydrogen-bond acceptors (Lipinski definition) is 4. The number of aliphatic hydroxyl groups is 1. The van der Waals surface area contributed by atoms with E-state index in [2.05, 4.69) is 10.2 Å². The Kier molecular flexibility index (Phi) is 3.53. The van der Waals surface area contributed by atoms with E-state index < -0.39 is 0 Å². The topological polar surface area (TPSA) is 44.7 Å². The molecule has 0 amide bonds. The zero-order chi connectivity index (χ0) is 13.6. The molecule has 0 radical (unpaired) electrons. The van der Waals surface area contributed by atoms with Gasteiger partial charge in [-0.3, -0.25) is 4.90 Å². The molecule has 0 aromatic rings. The lowest BCUT2D eigenvalue weighted by molar-refractivity contribution is 0.00653. The molecule has 4 heteroatoms. The molecule has 1 aliphatic carbocycles. The number of fused-ring (bicyclic) bond motifs is 2. The lowest BCUT2D eigenvalue weighted by Gasteiger charge is -2.42. The Bertz CT molecular complexity index is 338. The molecule has 3 unspecified atom stereocenters. The molecule has 4 aliphatic rings. The van der Waals surface area contributed by atoms with Crippen molar-refractivity contribution in [2.75, 3.05) is 26.3 Å². The van der Waals surface area contributed by atoms with E-state index in [0.717, 1.165) is 38.6 Å². The molecule has 0 aromatic heterocycles. The van der Waals surface area contributed by atoms with Gasteiger partial charge in [-0.1, -0.05) is 0 Å². The summed E-state index contributed by atoms with van der Waals surface area (Å²) in [7, 11) is 0. The lowest BCUT2D eigenvalue weighted by Crippen LogP contribution is -2.52. The molecule has 0 spiro atoms. The maximum Gasteiger partial charge on any atom is 0.0570 e. The van der Waals surface area contributed by atoms with Gasteiger partial charge in [0.25, 0.3) is 0 Å². The lowest BCUT2D eigenvalue weighted by atomic mass is 9.84. The Labute approximate surface area is 121 Å². The fourth-order valence-electron chi connectivity index (χ4n) is 4.51. The van der Waals surface area contributed by atoms with E-state index in [4.69, 9.17) is 4.74 Å². The third-order valence-electron chi connectivity index (χ3n) is 5.91. The van der Waals surface area contributed by atoms with E-state index >= 15 is 0 Å². The number of rotatable bonds is 5. The SMILES string of the molecule is OC1CC2CCC(C1)N2CC1(CNC2CC2)CCOC1. The van der Waals surface area contributed by atoms with Gasteiger partial charge in [0.15, 0.2) is 0 Å². The van der Waals surface area contributed by atoms with Crippen molar-refractivity contribution in [2.45, 2.75) is 69.2 Å². The molecule has 4 fully saturated rings. The largest absolute Gasteiger partial charge is 0.393 e. The van der Waals surface area contributed by atoms with Crippen LogP contribution in [0.2, 0.25) is 0 Å². The van der Waals surface area contributed by atoms with Gasteiger partial charge in [-0.05, 0) is 44.9 Å². The van der Waals surface area contributed by atoms with Gasteiger partial charge in [-0.25, -0.2) is 0 Å². The summed E-state index contributed by atoms with van der Waals surface area (Å²) in [6, 6.07) is 2.04. The Balaban J connectivity index is 1.42. The van der Waals surface area contributed by atoms with Crippen LogP contribution in [0.15, 0.2) is 0 Å². The van der Waals surface area contributed by atoms with Gasteiger partial charge >= 0.3 is 0 Å². The first-order valence-electron chi connectivity index (χ1n) is 8.49. The highest BCUT2D eigenvalue weighted by atomic mass is 16.5. The van der Waals surface area contributed by atoms with Gasteiger partial charge in [0.2, 0.25) is 0 Å². The molecule has 0 aromatic carbocycles. The molecule has 3 aliphatic heterocycles. The Hall–Kier alpha value is -0.160. The first-order valence-corrected chi connectivity index (χ1v) is 8.49. The molecule has 1 saturated carbocycles. The predicted molar refractivity (Wildman–Crippen MR) is 77.7 cm³/mol. The van der Waals surface area contributed by atoms with Crippen LogP contribution in [0.1, 0.15) is 44.9 Å². The van der Waals surface area contributed by atoms with Crippen LogP contribution in [0.25, 0.3) is 0 Å². The van der Waals surface area contributed by atoms with Crippen LogP contribution in [-0.2, 0) is 4.74 Å². The van der Waals surface area contributed by atoms with Crippen LogP contribution in [0.3, 0.4) is 0 Å². The summed E-state index contributed by atoms with van der Waals surface area (Å²) in [6.07, 6.45) is 8.42. The minimum Gasteiger partial charge on any atom is -0.393 e. The van der Waals surface area contributed by atoms with Gasteiger partial charge in [-0.15, -0.1) is 0 Å². The minimum atomic E-state index is -0.0517. The summed E-state index contributed by atoms with van der Waals surface area (Å²) in [4.78, 5) is 2.72. The van der Waals surface area contributed by atoms with Crippen LogP contribution in [0.4, 0.5) is 0 Å². The third kappa shape index (κ3) is 2.63. The summed E-state index contributed by atoms with van der Waals surface area (Å²) in [6.45, 7) is 4.15. The van der Waals surface area contributed by atoms with Crippen molar-refractivity contribution >= 4 is 0 Å². The molecule has 20 heavy (non-hydrogen) atoms. The van der Waals surface area contributed by atoms with Crippen molar-refractivity contribution in [3.8, 4) is 0 Å². The van der Waals surface area contributed by atoms with Crippen molar-refractivity contribution in [1.82, 2.24) is 10.2 Å². The third-order valence-corrected chi connectivity index (χ3v) is 5.91. The number of nitrogens with zero attached hydrogens (tertiary/aromatic N) is 1. The molecule has 3 atom stereocenters. The normalized spacial score (nSPS) is 45.1. The molecular weight excluding hydrogens is 252 g/mol. The van der Waals surface area contributed by atoms with E-state index in [0.29, 0.717) is 17.5 Å². The van der Waals surface area contributed by atoms with Crippen molar-refractivity contribution < 1.29 is 9.84 Å². The van der Waals surface area contributed by atoms with E-state index in [1.54, 1.807) is 0 Å². The fourth-order valence-corrected chi connectivity index (χ4v) is 4.51. The second kappa shape index (κ2) is 5.24. The highest BCUT2D eigenvalue weighted by molar-refractivity contribution is 5.00. The first kappa shape index (κ1) is 13.5. The van der Waals surface area contributed by atoms with Gasteiger partial charge < -0.3 is 15.2 Å². The van der Waals surface area contributed by atoms with Crippen molar-refractivity contribution in [1.29, 1.82) is 0 Å². The molecule has 4 nitrogen and oxygen atoms in total. The number of ether oxygens (including phenoxy) is 1. The average molecular weight is 280 g/mol. The van der Waals surface area contributed by atoms with E-state index in [-0.39, 0.29) is 6.10 Å². The highest BCUT2D eigenvalue weighted by Gasteiger charge is 2.45. The number of hydrogen-bond donors (Lipinski definition) is 2. The van der Waals surface area contributed by atoms with Crippen LogP contribution in [0, 0.1) is 5.41 Å². The fraction of sp³-hybridized carbons (Fsp3) is 1.00. The van der Waals surface area contributed by atoms with Crippen LogP contribution < -0.4 is 5.32 Å². The number of nitrogens with one attached hydrogen (secondary N) is 1. The van der Waals surface area contributed by atoms with Gasteiger partial charge in [0, 0.05) is 43.2 Å². The van der Waals surface area contributed by atoms with Gasteiger partial charge in [-0.2, -0.15) is 0 Å². The van der Waals surface area contributed by atoms with E-state index in [1.165, 1.54) is 38.6 Å². The zero-order valence-electron chi connectivity index (χ0n) is 12.4. The molecule has 2 N–H and O–H groups in total. The monoisotopic (exact) mass is 280 g/mol. The van der Waals surface area contributed by atoms with Crippen molar-refractivity contribution in [2.24, 2.45) is 5.41 Å². The summed E-state index contributed by atoms with van der Waals surface area (Å²) >= 11 is 0. The van der Waals surface area contributed by atoms with Gasteiger partial charge in [0.1, 0.15) is 0 Å². The summed E-state index contributed by atoms with van der Waals surface area (Å²) in [5.74, 6) is 0. The van der Waals surface area contributed by atoms with Crippen molar-refractivity contribution in [3.05, 3.63) is 0 Å². The quantitative estimate of drug-likeness (QED) is 0.792. The first-order chi connectivity index (χ1) is 9.74. The Morgan fingerprint density at radius 3 is 2.50 bits per heavy atom. The van der Waals surface area contributed by atoms with E-state index in [1.807, 2.05) is 0 Å². The smallest absolute Gasteiger partial charge is 0.0570 e. The number of aliphatic hydroxyl groups excluding tert-OH is 1. The second-order valence-electron chi connectivity index (χ2n) is 7.64. The van der Waals surface area contributed by atoms with Gasteiger partial charge in [0.05, 0.1) is 12.7 Å². The Morgan fingerprint density at radius 2 is 1.90 bits per heavy atom. The predicted octanol–water partition coefficient (Wildman–Crippen LogP) is 1.13. The average Bonchev–Trinajstić information content (AvgIpc) is 3.11.